The number of carbonyl (C=O) groups is 1. The van der Waals surface area contributed by atoms with Crippen LogP contribution >= 0.6 is 0 Å². The lowest BCUT2D eigenvalue weighted by Gasteiger charge is -2.23. The molecule has 0 unspecified atom stereocenters. The van der Waals surface area contributed by atoms with Gasteiger partial charge in [-0.05, 0) is 18.3 Å². The SMILES string of the molecule is CC(C)(C)CCS(=O)(=O)N1CCCN(CC(=O)O)CC1. The van der Waals surface area contributed by atoms with Crippen molar-refractivity contribution in [2.75, 3.05) is 38.5 Å². The first-order valence-electron chi connectivity index (χ1n) is 7.02. The first kappa shape index (κ1) is 17.4. The third kappa shape index (κ3) is 6.19. The fourth-order valence-electron chi connectivity index (χ4n) is 2.14. The molecule has 1 aliphatic heterocycles. The summed E-state index contributed by atoms with van der Waals surface area (Å²) in [7, 11) is -3.23. The summed E-state index contributed by atoms with van der Waals surface area (Å²) >= 11 is 0. The van der Waals surface area contributed by atoms with Crippen LogP contribution in [0.3, 0.4) is 0 Å². The highest BCUT2D eigenvalue weighted by Crippen LogP contribution is 2.21. The van der Waals surface area contributed by atoms with E-state index in [4.69, 9.17) is 5.11 Å². The Balaban J connectivity index is 2.57. The summed E-state index contributed by atoms with van der Waals surface area (Å²) in [6.45, 7) is 8.06. The Labute approximate surface area is 121 Å². The minimum Gasteiger partial charge on any atom is -0.480 e. The zero-order chi connectivity index (χ0) is 15.4. The Bertz CT molecular complexity index is 428. The van der Waals surface area contributed by atoms with Crippen molar-refractivity contribution in [3.8, 4) is 0 Å². The van der Waals surface area contributed by atoms with Crippen molar-refractivity contribution in [3.05, 3.63) is 0 Å². The smallest absolute Gasteiger partial charge is 0.317 e. The molecule has 0 spiro atoms. The molecule has 1 rings (SSSR count). The summed E-state index contributed by atoms with van der Waals surface area (Å²) in [6, 6.07) is 0. The monoisotopic (exact) mass is 306 g/mol. The van der Waals surface area contributed by atoms with Gasteiger partial charge in [0, 0.05) is 26.2 Å². The number of sulfonamides is 1. The number of nitrogens with zero attached hydrogens (tertiary/aromatic N) is 2. The molecular weight excluding hydrogens is 280 g/mol. The number of aliphatic carboxylic acids is 1. The Morgan fingerprint density at radius 1 is 1.15 bits per heavy atom. The molecule has 0 bridgehead atoms. The van der Waals surface area contributed by atoms with Gasteiger partial charge in [-0.3, -0.25) is 9.69 Å². The second-order valence-electron chi connectivity index (χ2n) is 6.55. The van der Waals surface area contributed by atoms with Gasteiger partial charge in [-0.2, -0.15) is 0 Å². The quantitative estimate of drug-likeness (QED) is 0.814. The highest BCUT2D eigenvalue weighted by Gasteiger charge is 2.27. The first-order valence-corrected chi connectivity index (χ1v) is 8.63. The van der Waals surface area contributed by atoms with Gasteiger partial charge in [0.1, 0.15) is 0 Å². The number of rotatable bonds is 5. The van der Waals surface area contributed by atoms with Crippen molar-refractivity contribution in [1.29, 1.82) is 0 Å². The number of carboxylic acids is 1. The maximum atomic E-state index is 12.3. The van der Waals surface area contributed by atoms with Crippen molar-refractivity contribution in [2.24, 2.45) is 5.41 Å². The Hall–Kier alpha value is -0.660. The lowest BCUT2D eigenvalue weighted by molar-refractivity contribution is -0.138. The Kier molecular flexibility index (Phi) is 5.97. The van der Waals surface area contributed by atoms with E-state index in [2.05, 4.69) is 0 Å². The van der Waals surface area contributed by atoms with Crippen LogP contribution in [0.4, 0.5) is 0 Å². The van der Waals surface area contributed by atoms with Gasteiger partial charge in [-0.25, -0.2) is 12.7 Å². The summed E-state index contributed by atoms with van der Waals surface area (Å²) in [6.07, 6.45) is 1.31. The van der Waals surface area contributed by atoms with Crippen molar-refractivity contribution in [3.63, 3.8) is 0 Å². The maximum absolute atomic E-state index is 12.3. The summed E-state index contributed by atoms with van der Waals surface area (Å²) in [5.74, 6) is -0.704. The van der Waals surface area contributed by atoms with Crippen LogP contribution in [-0.4, -0.2) is 67.2 Å². The van der Waals surface area contributed by atoms with Gasteiger partial charge < -0.3 is 5.11 Å². The van der Waals surface area contributed by atoms with Gasteiger partial charge in [0.15, 0.2) is 0 Å². The summed E-state index contributed by atoms with van der Waals surface area (Å²) in [5, 5.41) is 8.78. The molecule has 118 valence electrons. The van der Waals surface area contributed by atoms with E-state index < -0.39 is 16.0 Å². The Morgan fingerprint density at radius 3 is 2.35 bits per heavy atom. The zero-order valence-corrected chi connectivity index (χ0v) is 13.4. The fraction of sp³-hybridized carbons (Fsp3) is 0.923. The van der Waals surface area contributed by atoms with Crippen LogP contribution in [0.1, 0.15) is 33.6 Å². The standard InChI is InChI=1S/C13H26N2O4S/c1-13(2,3)5-10-20(18,19)15-7-4-6-14(8-9-15)11-12(16)17/h4-11H2,1-3H3,(H,16,17). The Morgan fingerprint density at radius 2 is 1.80 bits per heavy atom. The van der Waals surface area contributed by atoms with E-state index in [1.54, 1.807) is 4.90 Å². The van der Waals surface area contributed by atoms with Gasteiger partial charge in [-0.1, -0.05) is 20.8 Å². The third-order valence-electron chi connectivity index (χ3n) is 3.41. The molecule has 0 aliphatic carbocycles. The second-order valence-corrected chi connectivity index (χ2v) is 8.64. The topological polar surface area (TPSA) is 77.9 Å². The minimum absolute atomic E-state index is 0.00569. The van der Waals surface area contributed by atoms with Crippen molar-refractivity contribution in [1.82, 2.24) is 9.21 Å². The highest BCUT2D eigenvalue weighted by atomic mass is 32.2. The third-order valence-corrected chi connectivity index (χ3v) is 5.28. The number of carboxylic acid groups (broad SMARTS) is 1. The second kappa shape index (κ2) is 6.87. The molecule has 1 saturated heterocycles. The van der Waals surface area contributed by atoms with Crippen LogP contribution in [-0.2, 0) is 14.8 Å². The van der Waals surface area contributed by atoms with E-state index in [1.807, 2.05) is 20.8 Å². The lowest BCUT2D eigenvalue weighted by atomic mass is 9.94. The molecule has 1 aliphatic rings. The van der Waals surface area contributed by atoms with Gasteiger partial charge in [0.05, 0.1) is 12.3 Å². The van der Waals surface area contributed by atoms with Gasteiger partial charge in [-0.15, -0.1) is 0 Å². The molecule has 0 amide bonds. The zero-order valence-electron chi connectivity index (χ0n) is 12.6. The van der Waals surface area contributed by atoms with E-state index in [-0.39, 0.29) is 17.7 Å². The molecule has 0 aromatic rings. The average molecular weight is 306 g/mol. The van der Waals surface area contributed by atoms with Crippen molar-refractivity contribution in [2.45, 2.75) is 33.6 Å². The lowest BCUT2D eigenvalue weighted by Crippen LogP contribution is -2.38. The van der Waals surface area contributed by atoms with Gasteiger partial charge in [0.25, 0.3) is 0 Å². The molecule has 0 aromatic carbocycles. The van der Waals surface area contributed by atoms with Gasteiger partial charge >= 0.3 is 5.97 Å². The van der Waals surface area contributed by atoms with Gasteiger partial charge in [0.2, 0.25) is 10.0 Å². The average Bonchev–Trinajstić information content (AvgIpc) is 2.51. The normalized spacial score (nSPS) is 19.8. The van der Waals surface area contributed by atoms with Crippen molar-refractivity contribution >= 4 is 16.0 Å². The first-order chi connectivity index (χ1) is 9.10. The maximum Gasteiger partial charge on any atom is 0.317 e. The number of hydrogen-bond acceptors (Lipinski definition) is 4. The van der Waals surface area contributed by atoms with Crippen LogP contribution in [0.15, 0.2) is 0 Å². The summed E-state index contributed by atoms with van der Waals surface area (Å²) < 4.78 is 26.1. The van der Waals surface area contributed by atoms with Crippen LogP contribution in [0, 0.1) is 5.41 Å². The largest absolute Gasteiger partial charge is 0.480 e. The molecule has 20 heavy (non-hydrogen) atoms. The van der Waals surface area contributed by atoms with Crippen LogP contribution in [0.2, 0.25) is 0 Å². The molecule has 1 fully saturated rings. The summed E-state index contributed by atoms with van der Waals surface area (Å²) in [5.41, 5.74) is -0.00569. The van der Waals surface area contributed by atoms with E-state index in [9.17, 15) is 13.2 Å². The van der Waals surface area contributed by atoms with E-state index in [0.717, 1.165) is 0 Å². The summed E-state index contributed by atoms with van der Waals surface area (Å²) in [4.78, 5) is 12.5. The van der Waals surface area contributed by atoms with E-state index in [0.29, 0.717) is 39.0 Å². The highest BCUT2D eigenvalue weighted by molar-refractivity contribution is 7.89. The molecule has 1 heterocycles. The molecule has 1 N–H and O–H groups in total. The molecule has 7 heteroatoms. The molecule has 0 atom stereocenters. The molecule has 0 saturated carbocycles. The molecule has 6 nitrogen and oxygen atoms in total. The van der Waals surface area contributed by atoms with E-state index in [1.165, 1.54) is 4.31 Å². The fourth-order valence-corrected chi connectivity index (χ4v) is 4.03. The van der Waals surface area contributed by atoms with Crippen LogP contribution in [0.5, 0.6) is 0 Å². The van der Waals surface area contributed by atoms with Crippen LogP contribution < -0.4 is 0 Å². The molecule has 0 aromatic heterocycles. The minimum atomic E-state index is -3.23. The van der Waals surface area contributed by atoms with Crippen LogP contribution in [0.25, 0.3) is 0 Å². The van der Waals surface area contributed by atoms with Crippen molar-refractivity contribution < 1.29 is 18.3 Å². The predicted molar refractivity (Wildman–Crippen MR) is 78.1 cm³/mol. The molecular formula is C13H26N2O4S. The van der Waals surface area contributed by atoms with E-state index >= 15 is 0 Å². The number of hydrogen-bond donors (Lipinski definition) is 1. The predicted octanol–water partition coefficient (Wildman–Crippen LogP) is 0.845. The molecule has 0 radical (unpaired) electrons.